The zero-order chi connectivity index (χ0) is 17.8. The number of hydrogen-bond acceptors (Lipinski definition) is 4. The molecule has 6 nitrogen and oxygen atoms in total. The first kappa shape index (κ1) is 16.6. The van der Waals surface area contributed by atoms with Gasteiger partial charge in [0.1, 0.15) is 11.5 Å². The molecule has 128 valence electrons. The molecule has 1 aromatic heterocycles. The van der Waals surface area contributed by atoms with E-state index in [1.165, 1.54) is 0 Å². The molecule has 0 saturated heterocycles. The maximum absolute atomic E-state index is 12.5. The third-order valence-electron chi connectivity index (χ3n) is 3.71. The minimum atomic E-state index is -0.285. The van der Waals surface area contributed by atoms with Gasteiger partial charge in [-0.3, -0.25) is 4.79 Å². The fourth-order valence-electron chi connectivity index (χ4n) is 2.43. The van der Waals surface area contributed by atoms with E-state index >= 15 is 0 Å². The average Bonchev–Trinajstić information content (AvgIpc) is 3.09. The number of amides is 1. The second-order valence-corrected chi connectivity index (χ2v) is 5.54. The van der Waals surface area contributed by atoms with Gasteiger partial charge in [0.2, 0.25) is 0 Å². The molecule has 2 aromatic carbocycles. The number of methoxy groups -OCH3 is 2. The van der Waals surface area contributed by atoms with Gasteiger partial charge in [-0.1, -0.05) is 12.1 Å². The second kappa shape index (κ2) is 7.09. The molecule has 6 heteroatoms. The summed E-state index contributed by atoms with van der Waals surface area (Å²) in [7, 11) is 3.08. The van der Waals surface area contributed by atoms with Crippen LogP contribution in [0.1, 0.15) is 15.9 Å². The number of hydrogen-bond donors (Lipinski definition) is 1. The Balaban J connectivity index is 1.80. The minimum Gasteiger partial charge on any atom is -0.497 e. The first-order valence-electron chi connectivity index (χ1n) is 7.76. The van der Waals surface area contributed by atoms with Crippen LogP contribution in [0.15, 0.2) is 54.7 Å². The van der Waals surface area contributed by atoms with Gasteiger partial charge in [-0.2, -0.15) is 5.10 Å². The quantitative estimate of drug-likeness (QED) is 0.774. The zero-order valence-corrected chi connectivity index (χ0v) is 14.3. The Labute approximate surface area is 146 Å². The van der Waals surface area contributed by atoms with Crippen molar-refractivity contribution in [3.8, 4) is 17.2 Å². The molecule has 0 atom stereocenters. The lowest BCUT2D eigenvalue weighted by Gasteiger charge is -2.08. The number of carbonyl (C=O) groups excluding carboxylic acids is 1. The van der Waals surface area contributed by atoms with E-state index in [1.807, 2.05) is 31.2 Å². The van der Waals surface area contributed by atoms with Crippen LogP contribution in [0.4, 0.5) is 5.82 Å². The summed E-state index contributed by atoms with van der Waals surface area (Å²) in [5, 5.41) is 7.18. The third-order valence-corrected chi connectivity index (χ3v) is 3.71. The van der Waals surface area contributed by atoms with Crippen molar-refractivity contribution in [3.63, 3.8) is 0 Å². The largest absolute Gasteiger partial charge is 0.497 e. The predicted molar refractivity (Wildman–Crippen MR) is 95.8 cm³/mol. The number of nitrogens with one attached hydrogen (secondary N) is 1. The summed E-state index contributed by atoms with van der Waals surface area (Å²) >= 11 is 0. The molecule has 1 amide bonds. The van der Waals surface area contributed by atoms with E-state index in [-0.39, 0.29) is 5.91 Å². The molecule has 0 bridgehead atoms. The van der Waals surface area contributed by atoms with Crippen molar-refractivity contribution in [1.29, 1.82) is 0 Å². The van der Waals surface area contributed by atoms with Crippen LogP contribution in [0.5, 0.6) is 11.5 Å². The van der Waals surface area contributed by atoms with Crippen LogP contribution in [0.2, 0.25) is 0 Å². The van der Waals surface area contributed by atoms with Gasteiger partial charge in [0.05, 0.1) is 19.9 Å². The molecule has 1 N–H and O–H groups in total. The molecule has 0 radical (unpaired) electrons. The monoisotopic (exact) mass is 337 g/mol. The Morgan fingerprint density at radius 3 is 2.40 bits per heavy atom. The highest BCUT2D eigenvalue weighted by molar-refractivity contribution is 6.04. The molecule has 0 spiro atoms. The van der Waals surface area contributed by atoms with Gasteiger partial charge in [-0.05, 0) is 36.8 Å². The van der Waals surface area contributed by atoms with Crippen molar-refractivity contribution >= 4 is 11.7 Å². The number of rotatable bonds is 5. The van der Waals surface area contributed by atoms with Gasteiger partial charge in [0.25, 0.3) is 5.91 Å². The molecule has 0 unspecified atom stereocenters. The van der Waals surface area contributed by atoms with E-state index < -0.39 is 0 Å². The predicted octanol–water partition coefficient (Wildman–Crippen LogP) is 3.45. The van der Waals surface area contributed by atoms with Crippen LogP contribution in [0, 0.1) is 6.92 Å². The summed E-state index contributed by atoms with van der Waals surface area (Å²) in [5.41, 5.74) is 2.51. The number of ether oxygens (including phenoxy) is 2. The summed E-state index contributed by atoms with van der Waals surface area (Å²) < 4.78 is 12.1. The van der Waals surface area contributed by atoms with Gasteiger partial charge in [0.15, 0.2) is 5.82 Å². The van der Waals surface area contributed by atoms with Crippen molar-refractivity contribution < 1.29 is 14.3 Å². The van der Waals surface area contributed by atoms with Crippen molar-refractivity contribution in [3.05, 3.63) is 65.9 Å². The van der Waals surface area contributed by atoms with Gasteiger partial charge >= 0.3 is 0 Å². The highest BCUT2D eigenvalue weighted by Gasteiger charge is 2.12. The number of nitrogens with zero attached hydrogens (tertiary/aromatic N) is 2. The second-order valence-electron chi connectivity index (χ2n) is 5.54. The number of anilines is 1. The Hall–Kier alpha value is -3.28. The minimum absolute atomic E-state index is 0.285. The van der Waals surface area contributed by atoms with Gasteiger partial charge in [0, 0.05) is 23.9 Å². The molecule has 0 saturated carbocycles. The fourth-order valence-corrected chi connectivity index (χ4v) is 2.43. The fraction of sp³-hybridized carbons (Fsp3) is 0.158. The van der Waals surface area contributed by atoms with E-state index in [4.69, 9.17) is 9.47 Å². The van der Waals surface area contributed by atoms with E-state index in [9.17, 15) is 4.79 Å². The molecular weight excluding hydrogens is 318 g/mol. The number of aryl methyl sites for hydroxylation is 1. The Morgan fingerprint density at radius 1 is 1.04 bits per heavy atom. The van der Waals surface area contributed by atoms with Gasteiger partial charge < -0.3 is 14.8 Å². The average molecular weight is 337 g/mol. The highest BCUT2D eigenvalue weighted by Crippen LogP contribution is 2.23. The molecule has 25 heavy (non-hydrogen) atoms. The van der Waals surface area contributed by atoms with E-state index in [0.717, 1.165) is 11.3 Å². The maximum atomic E-state index is 12.5. The highest BCUT2D eigenvalue weighted by atomic mass is 16.5. The van der Waals surface area contributed by atoms with Crippen molar-refractivity contribution in [2.75, 3.05) is 19.5 Å². The first-order chi connectivity index (χ1) is 12.1. The summed E-state index contributed by atoms with van der Waals surface area (Å²) in [5.74, 6) is 1.28. The lowest BCUT2D eigenvalue weighted by molar-refractivity contribution is 0.102. The lowest BCUT2D eigenvalue weighted by Crippen LogP contribution is -2.13. The Bertz CT molecular complexity index is 880. The molecule has 3 rings (SSSR count). The first-order valence-corrected chi connectivity index (χ1v) is 7.76. The summed E-state index contributed by atoms with van der Waals surface area (Å²) in [6.07, 6.45) is 1.80. The van der Waals surface area contributed by atoms with Crippen molar-refractivity contribution in [2.45, 2.75) is 6.92 Å². The summed E-state index contributed by atoms with van der Waals surface area (Å²) in [6.45, 7) is 2.02. The molecular formula is C19H19N3O3. The maximum Gasteiger partial charge on any atom is 0.257 e. The van der Waals surface area contributed by atoms with E-state index in [1.54, 1.807) is 49.4 Å². The Kier molecular flexibility index (Phi) is 4.70. The molecule has 0 fully saturated rings. The molecule has 3 aromatic rings. The van der Waals surface area contributed by atoms with Crippen LogP contribution >= 0.6 is 0 Å². The van der Waals surface area contributed by atoms with Crippen molar-refractivity contribution in [1.82, 2.24) is 9.78 Å². The van der Waals surface area contributed by atoms with Gasteiger partial charge in [-0.15, -0.1) is 0 Å². The molecule has 0 aliphatic carbocycles. The standard InChI is InChI=1S/C19H19N3O3/c1-13-5-4-6-15(9-13)22-8-7-18(21-22)20-19(23)14-10-16(24-2)12-17(11-14)25-3/h4-12H,1-3H3,(H,20,21,23). The smallest absolute Gasteiger partial charge is 0.257 e. The number of benzene rings is 2. The zero-order valence-electron chi connectivity index (χ0n) is 14.3. The SMILES string of the molecule is COc1cc(OC)cc(C(=O)Nc2ccn(-c3cccc(C)c3)n2)c1. The molecule has 1 heterocycles. The van der Waals surface area contributed by atoms with E-state index in [2.05, 4.69) is 10.4 Å². The third kappa shape index (κ3) is 3.80. The van der Waals surface area contributed by atoms with Crippen LogP contribution in [-0.2, 0) is 0 Å². The van der Waals surface area contributed by atoms with Gasteiger partial charge in [-0.25, -0.2) is 4.68 Å². The summed E-state index contributed by atoms with van der Waals surface area (Å²) in [4.78, 5) is 12.5. The summed E-state index contributed by atoms with van der Waals surface area (Å²) in [6, 6.07) is 14.7. The van der Waals surface area contributed by atoms with Crippen LogP contribution in [0.25, 0.3) is 5.69 Å². The van der Waals surface area contributed by atoms with Crippen LogP contribution < -0.4 is 14.8 Å². The van der Waals surface area contributed by atoms with Crippen molar-refractivity contribution in [2.24, 2.45) is 0 Å². The Morgan fingerprint density at radius 2 is 1.76 bits per heavy atom. The number of carbonyl (C=O) groups is 1. The topological polar surface area (TPSA) is 65.4 Å². The molecule has 0 aliphatic rings. The van der Waals surface area contributed by atoms with Crippen LogP contribution in [-0.4, -0.2) is 29.9 Å². The van der Waals surface area contributed by atoms with Crippen LogP contribution in [0.3, 0.4) is 0 Å². The lowest BCUT2D eigenvalue weighted by atomic mass is 10.2. The number of aromatic nitrogens is 2. The molecule has 0 aliphatic heterocycles. The van der Waals surface area contributed by atoms with E-state index in [0.29, 0.717) is 22.9 Å². The normalized spacial score (nSPS) is 10.4.